The summed E-state index contributed by atoms with van der Waals surface area (Å²) in [5.41, 5.74) is 0. The number of piperidine rings is 1. The van der Waals surface area contributed by atoms with Gasteiger partial charge in [-0.05, 0) is 44.3 Å². The van der Waals surface area contributed by atoms with Crippen molar-refractivity contribution in [1.29, 1.82) is 0 Å². The molecule has 2 bridgehead atoms. The lowest BCUT2D eigenvalue weighted by Gasteiger charge is -2.30. The lowest BCUT2D eigenvalue weighted by Crippen LogP contribution is -2.49. The van der Waals surface area contributed by atoms with Crippen LogP contribution in [0.1, 0.15) is 38.5 Å². The highest BCUT2D eigenvalue weighted by Crippen LogP contribution is 2.29. The number of carbonyl (C=O) groups is 1. The van der Waals surface area contributed by atoms with Crippen molar-refractivity contribution in [2.24, 2.45) is 0 Å². The molecule has 98 valence electrons. The van der Waals surface area contributed by atoms with Crippen LogP contribution in [0.3, 0.4) is 0 Å². The van der Waals surface area contributed by atoms with Crippen LogP contribution in [0.4, 0.5) is 0 Å². The largest absolute Gasteiger partial charge is 0.352 e. The topological polar surface area (TPSA) is 41.1 Å². The molecule has 3 unspecified atom stereocenters. The van der Waals surface area contributed by atoms with Crippen molar-refractivity contribution < 1.29 is 4.79 Å². The molecule has 3 heterocycles. The van der Waals surface area contributed by atoms with Crippen LogP contribution in [-0.4, -0.2) is 35.0 Å². The van der Waals surface area contributed by atoms with Gasteiger partial charge >= 0.3 is 0 Å². The first-order chi connectivity index (χ1) is 7.81. The van der Waals surface area contributed by atoms with Crippen LogP contribution in [-0.2, 0) is 4.79 Å². The molecule has 3 aliphatic rings. The second-order valence-corrected chi connectivity index (χ2v) is 6.63. The third-order valence-corrected chi connectivity index (χ3v) is 5.42. The lowest BCUT2D eigenvalue weighted by atomic mass is 9.99. The standard InChI is InChI=1S/C12H20N2OS.ClH/c15-12(11-2-1-5-16-11)14-10-6-8-3-4-9(7-10)13-8;/h8-11,13H,1-7H2,(H,14,15);1H. The Labute approximate surface area is 113 Å². The molecule has 0 radical (unpaired) electrons. The van der Waals surface area contributed by atoms with E-state index < -0.39 is 0 Å². The van der Waals surface area contributed by atoms with E-state index in [1.807, 2.05) is 11.8 Å². The van der Waals surface area contributed by atoms with Crippen molar-refractivity contribution in [3.05, 3.63) is 0 Å². The van der Waals surface area contributed by atoms with Crippen molar-refractivity contribution in [3.63, 3.8) is 0 Å². The normalized spacial score (nSPS) is 39.8. The van der Waals surface area contributed by atoms with E-state index in [1.54, 1.807) is 0 Å². The molecule has 3 fully saturated rings. The fraction of sp³-hybridized carbons (Fsp3) is 0.917. The highest BCUT2D eigenvalue weighted by molar-refractivity contribution is 8.00. The summed E-state index contributed by atoms with van der Waals surface area (Å²) in [5.74, 6) is 1.46. The van der Waals surface area contributed by atoms with Gasteiger partial charge in [0.05, 0.1) is 5.25 Å². The molecule has 3 nitrogen and oxygen atoms in total. The quantitative estimate of drug-likeness (QED) is 0.807. The third kappa shape index (κ3) is 3.09. The summed E-state index contributed by atoms with van der Waals surface area (Å²) in [6.45, 7) is 0. The Hall–Kier alpha value is 0.0700. The van der Waals surface area contributed by atoms with E-state index in [2.05, 4.69) is 10.6 Å². The van der Waals surface area contributed by atoms with E-state index in [0.29, 0.717) is 24.0 Å². The van der Waals surface area contributed by atoms with Crippen molar-refractivity contribution in [2.45, 2.75) is 61.9 Å². The SMILES string of the molecule is Cl.O=C(NC1CC2CCC(C1)N2)C1CCCS1. The van der Waals surface area contributed by atoms with Gasteiger partial charge in [0.1, 0.15) is 0 Å². The molecule has 0 saturated carbocycles. The first-order valence-electron chi connectivity index (χ1n) is 6.49. The molecule has 0 aromatic carbocycles. The second kappa shape index (κ2) is 5.81. The summed E-state index contributed by atoms with van der Waals surface area (Å²) in [6.07, 6.45) is 7.16. The number of rotatable bonds is 2. The highest BCUT2D eigenvalue weighted by Gasteiger charge is 2.35. The monoisotopic (exact) mass is 276 g/mol. The van der Waals surface area contributed by atoms with E-state index in [-0.39, 0.29) is 17.7 Å². The number of carbonyl (C=O) groups excluding carboxylic acids is 1. The first kappa shape index (κ1) is 13.5. The van der Waals surface area contributed by atoms with E-state index in [4.69, 9.17) is 0 Å². The van der Waals surface area contributed by atoms with Crippen LogP contribution in [0.15, 0.2) is 0 Å². The van der Waals surface area contributed by atoms with Crippen LogP contribution < -0.4 is 10.6 Å². The predicted molar refractivity (Wildman–Crippen MR) is 73.8 cm³/mol. The Balaban J connectivity index is 0.00000108. The number of hydrogen-bond acceptors (Lipinski definition) is 3. The molecule has 3 rings (SSSR count). The van der Waals surface area contributed by atoms with Crippen LogP contribution in [0.2, 0.25) is 0 Å². The second-order valence-electron chi connectivity index (χ2n) is 5.32. The number of halogens is 1. The van der Waals surface area contributed by atoms with E-state index in [9.17, 15) is 4.79 Å². The van der Waals surface area contributed by atoms with E-state index in [1.165, 1.54) is 19.3 Å². The number of fused-ring (bicyclic) bond motifs is 2. The summed E-state index contributed by atoms with van der Waals surface area (Å²) < 4.78 is 0. The molecule has 1 amide bonds. The van der Waals surface area contributed by atoms with Gasteiger partial charge in [-0.2, -0.15) is 0 Å². The summed E-state index contributed by atoms with van der Waals surface area (Å²) >= 11 is 1.83. The number of amides is 1. The zero-order valence-electron chi connectivity index (χ0n) is 9.98. The predicted octanol–water partition coefficient (Wildman–Crippen LogP) is 1.70. The van der Waals surface area contributed by atoms with Crippen LogP contribution in [0.5, 0.6) is 0 Å². The summed E-state index contributed by atoms with van der Waals surface area (Å²) in [5, 5.41) is 7.11. The van der Waals surface area contributed by atoms with Crippen molar-refractivity contribution >= 4 is 30.1 Å². The molecular weight excluding hydrogens is 256 g/mol. The minimum absolute atomic E-state index is 0. The molecule has 3 atom stereocenters. The van der Waals surface area contributed by atoms with Crippen LogP contribution >= 0.6 is 24.2 Å². The molecule has 0 aliphatic carbocycles. The fourth-order valence-corrected chi connectivity index (χ4v) is 4.42. The van der Waals surface area contributed by atoms with E-state index >= 15 is 0 Å². The maximum atomic E-state index is 12.0. The first-order valence-corrected chi connectivity index (χ1v) is 7.54. The Morgan fingerprint density at radius 2 is 1.88 bits per heavy atom. The average Bonchev–Trinajstić information content (AvgIpc) is 2.88. The van der Waals surface area contributed by atoms with Crippen molar-refractivity contribution in [1.82, 2.24) is 10.6 Å². The molecule has 3 aliphatic heterocycles. The van der Waals surface area contributed by atoms with Gasteiger partial charge in [-0.1, -0.05) is 0 Å². The molecular formula is C12H21ClN2OS. The molecule has 0 aromatic heterocycles. The summed E-state index contributed by atoms with van der Waals surface area (Å²) in [4.78, 5) is 12.0. The van der Waals surface area contributed by atoms with Crippen molar-refractivity contribution in [3.8, 4) is 0 Å². The molecule has 0 spiro atoms. The zero-order valence-corrected chi connectivity index (χ0v) is 11.6. The molecule has 0 aromatic rings. The molecule has 3 saturated heterocycles. The van der Waals surface area contributed by atoms with Gasteiger partial charge in [-0.3, -0.25) is 4.79 Å². The average molecular weight is 277 g/mol. The highest BCUT2D eigenvalue weighted by atomic mass is 35.5. The van der Waals surface area contributed by atoms with Crippen LogP contribution in [0, 0.1) is 0 Å². The van der Waals surface area contributed by atoms with Gasteiger partial charge < -0.3 is 10.6 Å². The minimum Gasteiger partial charge on any atom is -0.352 e. The van der Waals surface area contributed by atoms with Gasteiger partial charge in [0, 0.05) is 18.1 Å². The Kier molecular flexibility index (Phi) is 4.61. The van der Waals surface area contributed by atoms with Gasteiger partial charge in [-0.25, -0.2) is 0 Å². The molecule has 5 heteroatoms. The minimum atomic E-state index is 0. The van der Waals surface area contributed by atoms with E-state index in [0.717, 1.165) is 25.0 Å². The summed E-state index contributed by atoms with van der Waals surface area (Å²) in [7, 11) is 0. The van der Waals surface area contributed by atoms with Gasteiger partial charge in [0.25, 0.3) is 0 Å². The number of thioether (sulfide) groups is 1. The Morgan fingerprint density at radius 1 is 1.18 bits per heavy atom. The van der Waals surface area contributed by atoms with Gasteiger partial charge in [0.15, 0.2) is 0 Å². The Morgan fingerprint density at radius 3 is 2.47 bits per heavy atom. The van der Waals surface area contributed by atoms with Crippen molar-refractivity contribution in [2.75, 3.05) is 5.75 Å². The third-order valence-electron chi connectivity index (χ3n) is 4.04. The lowest BCUT2D eigenvalue weighted by molar-refractivity contribution is -0.121. The van der Waals surface area contributed by atoms with Gasteiger partial charge in [0.2, 0.25) is 5.91 Å². The molecule has 2 N–H and O–H groups in total. The zero-order chi connectivity index (χ0) is 11.0. The number of nitrogens with one attached hydrogen (secondary N) is 2. The number of hydrogen-bond donors (Lipinski definition) is 2. The van der Waals surface area contributed by atoms with Crippen LogP contribution in [0.25, 0.3) is 0 Å². The summed E-state index contributed by atoms with van der Waals surface area (Å²) in [6, 6.07) is 1.77. The smallest absolute Gasteiger partial charge is 0.233 e. The maximum absolute atomic E-state index is 12.0. The molecule has 17 heavy (non-hydrogen) atoms. The Bertz CT molecular complexity index is 272. The van der Waals surface area contributed by atoms with Gasteiger partial charge in [-0.15, -0.1) is 24.2 Å². The fourth-order valence-electron chi connectivity index (χ4n) is 3.25. The maximum Gasteiger partial charge on any atom is 0.233 e.